The fourth-order valence-corrected chi connectivity index (χ4v) is 2.81. The summed E-state index contributed by atoms with van der Waals surface area (Å²) in [5, 5.41) is 0. The molecule has 1 aromatic heterocycles. The molecule has 0 unspecified atom stereocenters. The van der Waals surface area contributed by atoms with Crippen molar-refractivity contribution >= 4 is 11.5 Å². The zero-order chi connectivity index (χ0) is 17.1. The Hall–Kier alpha value is -3.01. The molecule has 0 fully saturated rings. The average molecular weight is 319 g/mol. The fraction of sp³-hybridized carbons (Fsp3) is 0.150. The smallest absolute Gasteiger partial charge is 0.131 e. The molecule has 0 saturated carbocycles. The van der Waals surface area contributed by atoms with E-state index in [-0.39, 0.29) is 0 Å². The number of nitrogen functional groups attached to an aromatic ring is 1. The first-order chi connectivity index (χ1) is 11.6. The number of nitrogens with two attached hydrogens (primary N) is 1. The molecule has 0 aliphatic carbocycles. The van der Waals surface area contributed by atoms with Crippen molar-refractivity contribution in [1.82, 2.24) is 4.98 Å². The van der Waals surface area contributed by atoms with Crippen LogP contribution in [-0.2, 0) is 0 Å². The molecule has 4 heteroatoms. The second kappa shape index (κ2) is 6.62. The maximum atomic E-state index is 6.14. The molecule has 4 nitrogen and oxygen atoms in total. The van der Waals surface area contributed by atoms with Gasteiger partial charge in [0.05, 0.1) is 7.11 Å². The molecule has 2 N–H and O–H groups in total. The molecular weight excluding hydrogens is 298 g/mol. The zero-order valence-corrected chi connectivity index (χ0v) is 14.2. The number of ether oxygens (including phenoxy) is 1. The number of anilines is 2. The van der Waals surface area contributed by atoms with Crippen LogP contribution in [0.2, 0.25) is 0 Å². The summed E-state index contributed by atoms with van der Waals surface area (Å²) in [6.07, 6.45) is 1.82. The third-order valence-electron chi connectivity index (χ3n) is 4.01. The second-order valence-electron chi connectivity index (χ2n) is 5.77. The number of benzene rings is 2. The molecule has 0 spiro atoms. The third-order valence-corrected chi connectivity index (χ3v) is 4.01. The molecule has 3 rings (SSSR count). The molecule has 0 amide bonds. The van der Waals surface area contributed by atoms with Crippen molar-refractivity contribution in [3.05, 3.63) is 60.8 Å². The summed E-state index contributed by atoms with van der Waals surface area (Å²) in [5.41, 5.74) is 11.2. The van der Waals surface area contributed by atoms with E-state index in [2.05, 4.69) is 28.1 Å². The predicted octanol–water partition coefficient (Wildman–Crippen LogP) is 4.07. The molecule has 122 valence electrons. The number of nitrogens with zero attached hydrogens (tertiary/aromatic N) is 2. The van der Waals surface area contributed by atoms with E-state index in [0.717, 1.165) is 33.7 Å². The normalized spacial score (nSPS) is 10.5. The Labute approximate surface area is 142 Å². The molecular formula is C20H21N3O. The first-order valence-electron chi connectivity index (χ1n) is 7.77. The monoisotopic (exact) mass is 319 g/mol. The lowest BCUT2D eigenvalue weighted by molar-refractivity contribution is 0.416. The van der Waals surface area contributed by atoms with Gasteiger partial charge in [-0.15, -0.1) is 0 Å². The summed E-state index contributed by atoms with van der Waals surface area (Å²) in [5.74, 6) is 1.27. The lowest BCUT2D eigenvalue weighted by Crippen LogP contribution is -2.09. The minimum atomic E-state index is 0.491. The second-order valence-corrected chi connectivity index (χ2v) is 5.77. The van der Waals surface area contributed by atoms with Crippen LogP contribution in [0.5, 0.6) is 5.75 Å². The fourth-order valence-electron chi connectivity index (χ4n) is 2.81. The Bertz CT molecular complexity index is 859. The molecule has 0 atom stereocenters. The van der Waals surface area contributed by atoms with Gasteiger partial charge in [0, 0.05) is 48.2 Å². The van der Waals surface area contributed by atoms with Gasteiger partial charge < -0.3 is 15.4 Å². The van der Waals surface area contributed by atoms with E-state index >= 15 is 0 Å². The van der Waals surface area contributed by atoms with Gasteiger partial charge in [-0.2, -0.15) is 0 Å². The molecule has 0 aliphatic heterocycles. The molecule has 0 aliphatic rings. The van der Waals surface area contributed by atoms with Crippen molar-refractivity contribution in [3.63, 3.8) is 0 Å². The van der Waals surface area contributed by atoms with Gasteiger partial charge in [0.15, 0.2) is 0 Å². The largest absolute Gasteiger partial charge is 0.496 e. The number of rotatable bonds is 4. The van der Waals surface area contributed by atoms with Crippen LogP contribution in [-0.4, -0.2) is 26.2 Å². The van der Waals surface area contributed by atoms with Crippen LogP contribution in [0.1, 0.15) is 0 Å². The van der Waals surface area contributed by atoms with Gasteiger partial charge in [-0.1, -0.05) is 36.4 Å². The van der Waals surface area contributed by atoms with Crippen LogP contribution in [0.25, 0.3) is 22.3 Å². The maximum absolute atomic E-state index is 6.14. The van der Waals surface area contributed by atoms with Crippen molar-refractivity contribution in [2.75, 3.05) is 31.8 Å². The van der Waals surface area contributed by atoms with Crippen molar-refractivity contribution in [2.24, 2.45) is 0 Å². The highest BCUT2D eigenvalue weighted by Gasteiger charge is 2.13. The summed E-state index contributed by atoms with van der Waals surface area (Å²) in [6.45, 7) is 0. The maximum Gasteiger partial charge on any atom is 0.131 e. The van der Waals surface area contributed by atoms with Crippen LogP contribution >= 0.6 is 0 Å². The summed E-state index contributed by atoms with van der Waals surface area (Å²) >= 11 is 0. The first-order valence-corrected chi connectivity index (χ1v) is 7.77. The van der Waals surface area contributed by atoms with E-state index in [1.54, 1.807) is 7.11 Å². The van der Waals surface area contributed by atoms with Crippen LogP contribution in [0.15, 0.2) is 60.8 Å². The Balaban J connectivity index is 2.18. The third kappa shape index (κ3) is 2.91. The van der Waals surface area contributed by atoms with Crippen molar-refractivity contribution in [3.8, 4) is 28.0 Å². The molecule has 0 radical (unpaired) electrons. The van der Waals surface area contributed by atoms with E-state index < -0.39 is 0 Å². The summed E-state index contributed by atoms with van der Waals surface area (Å²) < 4.78 is 5.47. The van der Waals surface area contributed by atoms with E-state index in [4.69, 9.17) is 10.5 Å². The lowest BCUT2D eigenvalue weighted by Gasteiger charge is -2.18. The molecule has 1 heterocycles. The number of hydrogen-bond acceptors (Lipinski definition) is 4. The van der Waals surface area contributed by atoms with Gasteiger partial charge in [0.2, 0.25) is 0 Å². The summed E-state index contributed by atoms with van der Waals surface area (Å²) in [6, 6.07) is 18.1. The SMILES string of the molecule is COc1ccccc1-c1cc(-c2ccccc2N(C)C)cnc1N. The van der Waals surface area contributed by atoms with E-state index in [1.807, 2.05) is 56.7 Å². The minimum absolute atomic E-state index is 0.491. The van der Waals surface area contributed by atoms with E-state index in [0.29, 0.717) is 5.82 Å². The van der Waals surface area contributed by atoms with Gasteiger partial charge in [-0.3, -0.25) is 0 Å². The van der Waals surface area contributed by atoms with Crippen LogP contribution < -0.4 is 15.4 Å². The number of pyridine rings is 1. The highest BCUT2D eigenvalue weighted by molar-refractivity contribution is 5.85. The molecule has 3 aromatic rings. The van der Waals surface area contributed by atoms with E-state index in [1.165, 1.54) is 0 Å². The highest BCUT2D eigenvalue weighted by atomic mass is 16.5. The van der Waals surface area contributed by atoms with Crippen molar-refractivity contribution in [1.29, 1.82) is 0 Å². The number of methoxy groups -OCH3 is 1. The topological polar surface area (TPSA) is 51.4 Å². The Morgan fingerprint density at radius 3 is 2.29 bits per heavy atom. The van der Waals surface area contributed by atoms with Gasteiger partial charge in [0.25, 0.3) is 0 Å². The summed E-state index contributed by atoms with van der Waals surface area (Å²) in [4.78, 5) is 6.50. The molecule has 0 saturated heterocycles. The number of hydrogen-bond donors (Lipinski definition) is 1. The van der Waals surface area contributed by atoms with Crippen molar-refractivity contribution < 1.29 is 4.74 Å². The first kappa shape index (κ1) is 15.9. The Morgan fingerprint density at radius 2 is 1.58 bits per heavy atom. The number of para-hydroxylation sites is 2. The Morgan fingerprint density at radius 1 is 0.917 bits per heavy atom. The van der Waals surface area contributed by atoms with Gasteiger partial charge in [-0.25, -0.2) is 4.98 Å². The van der Waals surface area contributed by atoms with Gasteiger partial charge in [-0.05, 0) is 18.2 Å². The van der Waals surface area contributed by atoms with Crippen LogP contribution in [0.4, 0.5) is 11.5 Å². The minimum Gasteiger partial charge on any atom is -0.496 e. The number of aromatic nitrogens is 1. The van der Waals surface area contributed by atoms with E-state index in [9.17, 15) is 0 Å². The molecule has 0 bridgehead atoms. The average Bonchev–Trinajstić information content (AvgIpc) is 2.62. The highest BCUT2D eigenvalue weighted by Crippen LogP contribution is 2.37. The lowest BCUT2D eigenvalue weighted by atomic mass is 9.99. The predicted molar refractivity (Wildman–Crippen MR) is 100 cm³/mol. The quantitative estimate of drug-likeness (QED) is 0.787. The summed E-state index contributed by atoms with van der Waals surface area (Å²) in [7, 11) is 5.73. The zero-order valence-electron chi connectivity index (χ0n) is 14.2. The van der Waals surface area contributed by atoms with Gasteiger partial charge >= 0.3 is 0 Å². The molecule has 2 aromatic carbocycles. The Kier molecular flexibility index (Phi) is 4.38. The molecule has 24 heavy (non-hydrogen) atoms. The van der Waals surface area contributed by atoms with Gasteiger partial charge in [0.1, 0.15) is 11.6 Å². The van der Waals surface area contributed by atoms with Crippen molar-refractivity contribution in [2.45, 2.75) is 0 Å². The standard InChI is InChI=1S/C20H21N3O/c1-23(2)18-10-6-4-8-15(18)14-12-17(20(21)22-13-14)16-9-5-7-11-19(16)24-3/h4-13H,1-3H3,(H2,21,22). The van der Waals surface area contributed by atoms with Crippen LogP contribution in [0, 0.1) is 0 Å². The van der Waals surface area contributed by atoms with Crippen LogP contribution in [0.3, 0.4) is 0 Å².